The highest BCUT2D eigenvalue weighted by molar-refractivity contribution is 7.15. The van der Waals surface area contributed by atoms with E-state index in [0.29, 0.717) is 6.42 Å². The third-order valence-corrected chi connectivity index (χ3v) is 4.75. The maximum absolute atomic E-state index is 12.1. The van der Waals surface area contributed by atoms with Crippen molar-refractivity contribution in [3.05, 3.63) is 23.5 Å². The Morgan fingerprint density at radius 2 is 2.35 bits per heavy atom. The summed E-state index contributed by atoms with van der Waals surface area (Å²) >= 11 is 1.56. The minimum atomic E-state index is 0.00102. The Kier molecular flexibility index (Phi) is 4.03. The minimum Gasteiger partial charge on any atom is -0.396 e. The van der Waals surface area contributed by atoms with Gasteiger partial charge in [-0.2, -0.15) is 0 Å². The van der Waals surface area contributed by atoms with Gasteiger partial charge < -0.3 is 10.4 Å². The van der Waals surface area contributed by atoms with Gasteiger partial charge in [-0.1, -0.05) is 12.8 Å². The molecule has 2 unspecified atom stereocenters. The molecule has 0 aromatic carbocycles. The van der Waals surface area contributed by atoms with Crippen molar-refractivity contribution in [2.24, 2.45) is 5.92 Å². The van der Waals surface area contributed by atoms with Crippen LogP contribution in [0, 0.1) is 5.92 Å². The van der Waals surface area contributed by atoms with Gasteiger partial charge in [0.05, 0.1) is 12.1 Å². The highest BCUT2D eigenvalue weighted by Crippen LogP contribution is 2.24. The lowest BCUT2D eigenvalue weighted by atomic mass is 9.85. The molecule has 108 valence electrons. The molecule has 1 saturated carbocycles. The van der Waals surface area contributed by atoms with Gasteiger partial charge >= 0.3 is 0 Å². The van der Waals surface area contributed by atoms with E-state index >= 15 is 0 Å². The summed E-state index contributed by atoms with van der Waals surface area (Å²) in [5, 5.41) is 14.4. The molecule has 2 N–H and O–H groups in total. The number of imidazole rings is 1. The first-order valence-corrected chi connectivity index (χ1v) is 7.95. The Balaban J connectivity index is 1.60. The first-order chi connectivity index (χ1) is 9.76. The van der Waals surface area contributed by atoms with Crippen molar-refractivity contribution < 1.29 is 9.90 Å². The van der Waals surface area contributed by atoms with E-state index in [1.807, 2.05) is 22.2 Å². The Morgan fingerprint density at radius 1 is 1.50 bits per heavy atom. The summed E-state index contributed by atoms with van der Waals surface area (Å²) in [4.78, 5) is 17.4. The lowest BCUT2D eigenvalue weighted by molar-refractivity contribution is -0.121. The molecular weight excluding hydrogens is 274 g/mol. The smallest absolute Gasteiger partial charge is 0.226 e. The summed E-state index contributed by atoms with van der Waals surface area (Å²) in [5.41, 5.74) is 0.797. The summed E-state index contributed by atoms with van der Waals surface area (Å²) in [6.45, 7) is 0.158. The molecule has 3 rings (SSSR count). The monoisotopic (exact) mass is 293 g/mol. The number of hydrogen-bond acceptors (Lipinski definition) is 4. The Labute approximate surface area is 121 Å². The van der Waals surface area contributed by atoms with E-state index in [4.69, 9.17) is 0 Å². The molecule has 0 saturated heterocycles. The van der Waals surface area contributed by atoms with Crippen molar-refractivity contribution in [1.29, 1.82) is 0 Å². The molecule has 1 aliphatic rings. The molecule has 1 amide bonds. The average molecular weight is 293 g/mol. The second-order valence-corrected chi connectivity index (χ2v) is 6.28. The molecule has 1 fully saturated rings. The van der Waals surface area contributed by atoms with Gasteiger partial charge in [0.1, 0.15) is 0 Å². The van der Waals surface area contributed by atoms with Crippen molar-refractivity contribution in [2.75, 3.05) is 6.61 Å². The summed E-state index contributed by atoms with van der Waals surface area (Å²) < 4.78 is 1.93. The van der Waals surface area contributed by atoms with E-state index in [-0.39, 0.29) is 24.5 Å². The van der Waals surface area contributed by atoms with Crippen LogP contribution in [0.2, 0.25) is 0 Å². The largest absolute Gasteiger partial charge is 0.396 e. The SMILES string of the molecule is O=C(Cc1cn2ccsc2n1)NC1CCCCC1CO. The maximum atomic E-state index is 12.1. The molecule has 2 atom stereocenters. The van der Waals surface area contributed by atoms with E-state index < -0.39 is 0 Å². The van der Waals surface area contributed by atoms with E-state index in [2.05, 4.69) is 10.3 Å². The fraction of sp³-hybridized carbons (Fsp3) is 0.571. The van der Waals surface area contributed by atoms with Gasteiger partial charge in [0.25, 0.3) is 0 Å². The summed E-state index contributed by atoms with van der Waals surface area (Å²) in [7, 11) is 0. The number of rotatable bonds is 4. The molecule has 5 nitrogen and oxygen atoms in total. The highest BCUT2D eigenvalue weighted by Gasteiger charge is 2.25. The van der Waals surface area contributed by atoms with Gasteiger partial charge in [0.15, 0.2) is 4.96 Å². The number of hydrogen-bond donors (Lipinski definition) is 2. The number of nitrogens with one attached hydrogen (secondary N) is 1. The van der Waals surface area contributed by atoms with Gasteiger partial charge in [-0.25, -0.2) is 4.98 Å². The highest BCUT2D eigenvalue weighted by atomic mass is 32.1. The lowest BCUT2D eigenvalue weighted by Crippen LogP contribution is -2.44. The Hall–Kier alpha value is -1.40. The maximum Gasteiger partial charge on any atom is 0.226 e. The molecule has 0 bridgehead atoms. The van der Waals surface area contributed by atoms with E-state index in [1.54, 1.807) is 11.3 Å². The first kappa shape index (κ1) is 13.6. The Morgan fingerprint density at radius 3 is 3.15 bits per heavy atom. The van der Waals surface area contributed by atoms with Crippen LogP contribution in [0.5, 0.6) is 0 Å². The summed E-state index contributed by atoms with van der Waals surface area (Å²) in [6.07, 6.45) is 8.39. The molecule has 2 aromatic heterocycles. The van der Waals surface area contributed by atoms with Crippen LogP contribution in [-0.4, -0.2) is 33.0 Å². The standard InChI is InChI=1S/C14H19N3O2S/c18-9-10-3-1-2-4-12(10)16-13(19)7-11-8-17-5-6-20-14(17)15-11/h5-6,8,10,12,18H,1-4,7,9H2,(H,16,19). The molecule has 0 spiro atoms. The number of carbonyl (C=O) groups is 1. The number of aromatic nitrogens is 2. The van der Waals surface area contributed by atoms with Crippen molar-refractivity contribution in [3.63, 3.8) is 0 Å². The topological polar surface area (TPSA) is 66.6 Å². The zero-order chi connectivity index (χ0) is 13.9. The number of amides is 1. The molecule has 2 aromatic rings. The zero-order valence-electron chi connectivity index (χ0n) is 11.3. The van der Waals surface area contributed by atoms with E-state index in [9.17, 15) is 9.90 Å². The summed E-state index contributed by atoms with van der Waals surface area (Å²) in [6, 6.07) is 0.116. The number of carbonyl (C=O) groups excluding carboxylic acids is 1. The van der Waals surface area contributed by atoms with Crippen molar-refractivity contribution in [1.82, 2.24) is 14.7 Å². The van der Waals surface area contributed by atoms with E-state index in [1.165, 1.54) is 0 Å². The van der Waals surface area contributed by atoms with Gasteiger partial charge in [0.2, 0.25) is 5.91 Å². The predicted octanol–water partition coefficient (Wildman–Crippen LogP) is 1.61. The number of aliphatic hydroxyl groups is 1. The predicted molar refractivity (Wildman–Crippen MR) is 77.7 cm³/mol. The number of fused-ring (bicyclic) bond motifs is 1. The van der Waals surface area contributed by atoms with Crippen molar-refractivity contribution >= 4 is 22.2 Å². The zero-order valence-corrected chi connectivity index (χ0v) is 12.1. The second kappa shape index (κ2) is 5.93. The average Bonchev–Trinajstić information content (AvgIpc) is 3.00. The van der Waals surface area contributed by atoms with E-state index in [0.717, 1.165) is 36.3 Å². The van der Waals surface area contributed by atoms with Crippen LogP contribution in [-0.2, 0) is 11.2 Å². The number of aliphatic hydroxyl groups excluding tert-OH is 1. The minimum absolute atomic E-state index is 0.00102. The molecule has 20 heavy (non-hydrogen) atoms. The third kappa shape index (κ3) is 2.86. The third-order valence-electron chi connectivity index (χ3n) is 3.97. The lowest BCUT2D eigenvalue weighted by Gasteiger charge is -2.30. The summed E-state index contributed by atoms with van der Waals surface area (Å²) in [5.74, 6) is 0.208. The van der Waals surface area contributed by atoms with Gasteiger partial charge in [-0.3, -0.25) is 9.20 Å². The molecule has 1 aliphatic carbocycles. The van der Waals surface area contributed by atoms with Gasteiger partial charge in [-0.05, 0) is 12.8 Å². The molecule has 0 radical (unpaired) electrons. The fourth-order valence-corrected chi connectivity index (χ4v) is 3.62. The number of nitrogens with zero attached hydrogens (tertiary/aromatic N) is 2. The van der Waals surface area contributed by atoms with Crippen LogP contribution in [0.4, 0.5) is 0 Å². The van der Waals surface area contributed by atoms with Crippen LogP contribution in [0.15, 0.2) is 17.8 Å². The molecule has 0 aliphatic heterocycles. The normalized spacial score (nSPS) is 23.1. The van der Waals surface area contributed by atoms with Crippen LogP contribution in [0.3, 0.4) is 0 Å². The fourth-order valence-electron chi connectivity index (χ4n) is 2.90. The molecule has 2 heterocycles. The van der Waals surface area contributed by atoms with Gasteiger partial charge in [-0.15, -0.1) is 11.3 Å². The van der Waals surface area contributed by atoms with Crippen LogP contribution < -0.4 is 5.32 Å². The molecule has 6 heteroatoms. The Bertz CT molecular complexity index is 564. The van der Waals surface area contributed by atoms with Crippen LogP contribution >= 0.6 is 11.3 Å². The quantitative estimate of drug-likeness (QED) is 0.900. The van der Waals surface area contributed by atoms with Crippen LogP contribution in [0.1, 0.15) is 31.4 Å². The first-order valence-electron chi connectivity index (χ1n) is 7.07. The van der Waals surface area contributed by atoms with Crippen LogP contribution in [0.25, 0.3) is 4.96 Å². The van der Waals surface area contributed by atoms with Crippen molar-refractivity contribution in [3.8, 4) is 0 Å². The molecular formula is C14H19N3O2S. The number of thiazole rings is 1. The van der Waals surface area contributed by atoms with Crippen molar-refractivity contribution in [2.45, 2.75) is 38.1 Å². The van der Waals surface area contributed by atoms with Gasteiger partial charge in [0, 0.05) is 36.3 Å². The second-order valence-electron chi connectivity index (χ2n) is 5.40.